The first-order chi connectivity index (χ1) is 8.56. The Hall–Kier alpha value is -0.550. The Kier molecular flexibility index (Phi) is 6.71. The Bertz CT molecular complexity index is 340. The summed E-state index contributed by atoms with van der Waals surface area (Å²) in [7, 11) is 0. The number of hydrogen-bond acceptors (Lipinski definition) is 4. The van der Waals surface area contributed by atoms with Gasteiger partial charge in [-0.05, 0) is 44.2 Å². The molecular formula is C14H24N2OS. The molecule has 0 aliphatic carbocycles. The van der Waals surface area contributed by atoms with Gasteiger partial charge < -0.3 is 16.2 Å². The fraction of sp³-hybridized carbons (Fsp3) is 0.571. The number of nitrogens with two attached hydrogens (primary N) is 1. The van der Waals surface area contributed by atoms with Crippen LogP contribution >= 0.6 is 11.8 Å². The summed E-state index contributed by atoms with van der Waals surface area (Å²) in [5.41, 5.74) is 7.03. The molecule has 0 amide bonds. The van der Waals surface area contributed by atoms with Crippen LogP contribution in [0.15, 0.2) is 29.2 Å². The second-order valence-corrected chi connectivity index (χ2v) is 5.59. The van der Waals surface area contributed by atoms with Gasteiger partial charge in [-0.25, -0.2) is 0 Å². The normalized spacial score (nSPS) is 16.3. The first-order valence-electron chi connectivity index (χ1n) is 6.35. The molecule has 0 saturated heterocycles. The van der Waals surface area contributed by atoms with Crippen molar-refractivity contribution in [3.63, 3.8) is 0 Å². The molecule has 0 bridgehead atoms. The largest absolute Gasteiger partial charge is 0.393 e. The molecule has 0 saturated carbocycles. The molecule has 0 aliphatic rings. The Morgan fingerprint density at radius 1 is 1.28 bits per heavy atom. The summed E-state index contributed by atoms with van der Waals surface area (Å²) in [6.45, 7) is 4.44. The van der Waals surface area contributed by atoms with Crippen LogP contribution in [0.5, 0.6) is 0 Å². The SMILES string of the molecule is CSc1ccc(C(CN)NC(C)CC(C)O)cc1. The Morgan fingerprint density at radius 2 is 1.89 bits per heavy atom. The Balaban J connectivity index is 2.64. The first kappa shape index (κ1) is 15.5. The van der Waals surface area contributed by atoms with Crippen LogP contribution in [0.3, 0.4) is 0 Å². The van der Waals surface area contributed by atoms with Crippen LogP contribution in [0.4, 0.5) is 0 Å². The minimum absolute atomic E-state index is 0.148. The summed E-state index contributed by atoms with van der Waals surface area (Å²) in [6.07, 6.45) is 2.52. The quantitative estimate of drug-likeness (QED) is 0.663. The van der Waals surface area contributed by atoms with Crippen molar-refractivity contribution in [2.24, 2.45) is 5.73 Å². The fourth-order valence-electron chi connectivity index (χ4n) is 2.06. The lowest BCUT2D eigenvalue weighted by molar-refractivity contribution is 0.168. The molecule has 4 N–H and O–H groups in total. The molecule has 0 fully saturated rings. The van der Waals surface area contributed by atoms with Gasteiger partial charge >= 0.3 is 0 Å². The number of thioether (sulfide) groups is 1. The van der Waals surface area contributed by atoms with Crippen molar-refractivity contribution in [3.8, 4) is 0 Å². The van der Waals surface area contributed by atoms with Crippen LogP contribution in [0.1, 0.15) is 31.9 Å². The van der Waals surface area contributed by atoms with Gasteiger partial charge in [0, 0.05) is 23.5 Å². The maximum atomic E-state index is 9.37. The van der Waals surface area contributed by atoms with Gasteiger partial charge in [0.25, 0.3) is 0 Å². The molecule has 0 aromatic heterocycles. The highest BCUT2D eigenvalue weighted by atomic mass is 32.2. The summed E-state index contributed by atoms with van der Waals surface area (Å²) >= 11 is 1.73. The van der Waals surface area contributed by atoms with Crippen LogP contribution in [0.25, 0.3) is 0 Å². The molecule has 3 nitrogen and oxygen atoms in total. The monoisotopic (exact) mass is 268 g/mol. The van der Waals surface area contributed by atoms with E-state index in [4.69, 9.17) is 5.73 Å². The number of hydrogen-bond donors (Lipinski definition) is 3. The van der Waals surface area contributed by atoms with E-state index in [0.717, 1.165) is 6.42 Å². The summed E-state index contributed by atoms with van der Waals surface area (Å²) in [5, 5.41) is 12.8. The number of nitrogens with one attached hydrogen (secondary N) is 1. The third kappa shape index (κ3) is 4.98. The average molecular weight is 268 g/mol. The lowest BCUT2D eigenvalue weighted by atomic mass is 10.0. The third-order valence-corrected chi connectivity index (χ3v) is 3.68. The van der Waals surface area contributed by atoms with Crippen LogP contribution < -0.4 is 11.1 Å². The van der Waals surface area contributed by atoms with Crippen molar-refractivity contribution in [1.82, 2.24) is 5.32 Å². The first-order valence-corrected chi connectivity index (χ1v) is 7.57. The zero-order valence-electron chi connectivity index (χ0n) is 11.4. The van der Waals surface area contributed by atoms with Crippen LogP contribution in [-0.4, -0.2) is 30.1 Å². The Morgan fingerprint density at radius 3 is 2.33 bits per heavy atom. The zero-order valence-corrected chi connectivity index (χ0v) is 12.2. The number of aliphatic hydroxyl groups is 1. The summed E-state index contributed by atoms with van der Waals surface area (Å²) in [4.78, 5) is 1.26. The van der Waals surface area contributed by atoms with Gasteiger partial charge in [0.15, 0.2) is 0 Å². The topological polar surface area (TPSA) is 58.3 Å². The van der Waals surface area contributed by atoms with Crippen molar-refractivity contribution >= 4 is 11.8 Å². The minimum atomic E-state index is -0.287. The van der Waals surface area contributed by atoms with Gasteiger partial charge in [-0.15, -0.1) is 11.8 Å². The highest BCUT2D eigenvalue weighted by molar-refractivity contribution is 7.98. The van der Waals surface area contributed by atoms with Crippen LogP contribution in [-0.2, 0) is 0 Å². The number of rotatable bonds is 7. The fourth-order valence-corrected chi connectivity index (χ4v) is 2.47. The molecule has 3 atom stereocenters. The van der Waals surface area contributed by atoms with E-state index in [-0.39, 0.29) is 18.2 Å². The highest BCUT2D eigenvalue weighted by Crippen LogP contribution is 2.19. The lowest BCUT2D eigenvalue weighted by Crippen LogP contribution is -2.36. The highest BCUT2D eigenvalue weighted by Gasteiger charge is 2.14. The van der Waals surface area contributed by atoms with E-state index in [1.165, 1.54) is 10.5 Å². The van der Waals surface area contributed by atoms with E-state index in [1.54, 1.807) is 11.8 Å². The van der Waals surface area contributed by atoms with Crippen molar-refractivity contribution in [2.75, 3.05) is 12.8 Å². The number of aliphatic hydroxyl groups excluding tert-OH is 1. The van der Waals surface area contributed by atoms with Crippen molar-refractivity contribution in [3.05, 3.63) is 29.8 Å². The van der Waals surface area contributed by atoms with Gasteiger partial charge in [0.2, 0.25) is 0 Å². The summed E-state index contributed by atoms with van der Waals surface area (Å²) in [5.74, 6) is 0. The second-order valence-electron chi connectivity index (χ2n) is 4.71. The maximum Gasteiger partial charge on any atom is 0.0526 e. The summed E-state index contributed by atoms with van der Waals surface area (Å²) < 4.78 is 0. The van der Waals surface area contributed by atoms with Gasteiger partial charge in [-0.1, -0.05) is 12.1 Å². The molecule has 1 rings (SSSR count). The smallest absolute Gasteiger partial charge is 0.0526 e. The van der Waals surface area contributed by atoms with Crippen molar-refractivity contribution < 1.29 is 5.11 Å². The van der Waals surface area contributed by atoms with Gasteiger partial charge in [-0.2, -0.15) is 0 Å². The molecular weight excluding hydrogens is 244 g/mol. The summed E-state index contributed by atoms with van der Waals surface area (Å²) in [6, 6.07) is 8.86. The second kappa shape index (κ2) is 7.79. The molecule has 1 aromatic rings. The van der Waals surface area contributed by atoms with E-state index in [9.17, 15) is 5.11 Å². The van der Waals surface area contributed by atoms with Crippen molar-refractivity contribution in [1.29, 1.82) is 0 Å². The predicted molar refractivity (Wildman–Crippen MR) is 78.9 cm³/mol. The van der Waals surface area contributed by atoms with E-state index in [1.807, 2.05) is 6.92 Å². The van der Waals surface area contributed by atoms with E-state index >= 15 is 0 Å². The molecule has 0 radical (unpaired) electrons. The maximum absolute atomic E-state index is 9.37. The lowest BCUT2D eigenvalue weighted by Gasteiger charge is -2.23. The zero-order chi connectivity index (χ0) is 13.5. The van der Waals surface area contributed by atoms with Crippen LogP contribution in [0, 0.1) is 0 Å². The van der Waals surface area contributed by atoms with E-state index < -0.39 is 0 Å². The average Bonchev–Trinajstić information content (AvgIpc) is 2.35. The molecule has 18 heavy (non-hydrogen) atoms. The molecule has 0 heterocycles. The standard InChI is InChI=1S/C14H24N2OS/c1-10(8-11(2)17)16-14(9-15)12-4-6-13(18-3)7-5-12/h4-7,10-11,14,16-17H,8-9,15H2,1-3H3. The van der Waals surface area contributed by atoms with E-state index in [0.29, 0.717) is 6.54 Å². The third-order valence-electron chi connectivity index (χ3n) is 2.93. The molecule has 3 unspecified atom stereocenters. The molecule has 1 aromatic carbocycles. The number of benzene rings is 1. The van der Waals surface area contributed by atoms with E-state index in [2.05, 4.69) is 42.8 Å². The molecule has 4 heteroatoms. The minimum Gasteiger partial charge on any atom is -0.393 e. The van der Waals surface area contributed by atoms with Gasteiger partial charge in [0.05, 0.1) is 6.10 Å². The molecule has 0 spiro atoms. The van der Waals surface area contributed by atoms with Crippen molar-refractivity contribution in [2.45, 2.75) is 43.4 Å². The predicted octanol–water partition coefficient (Wildman–Crippen LogP) is 2.16. The molecule has 102 valence electrons. The Labute approximate surface area is 114 Å². The van der Waals surface area contributed by atoms with Crippen LogP contribution in [0.2, 0.25) is 0 Å². The van der Waals surface area contributed by atoms with Gasteiger partial charge in [0.1, 0.15) is 0 Å². The molecule has 0 aliphatic heterocycles. The van der Waals surface area contributed by atoms with Gasteiger partial charge in [-0.3, -0.25) is 0 Å².